The molecule has 1 aliphatic heterocycles. The van der Waals surface area contributed by atoms with Crippen molar-refractivity contribution in [2.75, 3.05) is 36.4 Å². The first kappa shape index (κ1) is 27.1. The van der Waals surface area contributed by atoms with Crippen LogP contribution < -0.4 is 29.7 Å². The van der Waals surface area contributed by atoms with Crippen LogP contribution in [0.25, 0.3) is 0 Å². The Morgan fingerprint density at radius 3 is 2.38 bits per heavy atom. The fraction of sp³-hybridized carbons (Fsp3) is 0.161. The minimum Gasteiger partial charge on any atom is -0.495 e. The number of fused-ring (bicyclic) bond motifs is 1. The number of nitrogens with zero attached hydrogens (tertiary/aromatic N) is 1. The van der Waals surface area contributed by atoms with Crippen LogP contribution in [0.2, 0.25) is 0 Å². The number of aryl methyl sites for hydroxylation is 1. The molecule has 0 radical (unpaired) electrons. The van der Waals surface area contributed by atoms with Crippen LogP contribution in [0, 0.1) is 6.92 Å². The van der Waals surface area contributed by atoms with Crippen molar-refractivity contribution in [3.8, 4) is 17.2 Å². The molecule has 4 aromatic carbocycles. The number of carbonyl (C=O) groups is 2. The van der Waals surface area contributed by atoms with Crippen molar-refractivity contribution in [3.05, 3.63) is 106 Å². The van der Waals surface area contributed by atoms with Crippen molar-refractivity contribution in [3.63, 3.8) is 0 Å². The molecule has 1 heterocycles. The van der Waals surface area contributed by atoms with Gasteiger partial charge in [-0.1, -0.05) is 57.9 Å². The predicted molar refractivity (Wildman–Crippen MR) is 159 cm³/mol. The summed E-state index contributed by atoms with van der Waals surface area (Å²) in [5, 5.41) is 6.30. The van der Waals surface area contributed by atoms with Gasteiger partial charge in [-0.2, -0.15) is 0 Å². The van der Waals surface area contributed by atoms with Crippen LogP contribution >= 0.6 is 15.9 Å². The summed E-state index contributed by atoms with van der Waals surface area (Å²) in [5.74, 6) is 0.864. The molecular weight excluding hydrogens is 574 g/mol. The van der Waals surface area contributed by atoms with Gasteiger partial charge in [0.15, 0.2) is 18.1 Å². The first-order valence-electron chi connectivity index (χ1n) is 12.6. The van der Waals surface area contributed by atoms with Crippen molar-refractivity contribution < 1.29 is 23.8 Å². The molecule has 2 N–H and O–H groups in total. The second-order valence-corrected chi connectivity index (χ2v) is 10.0. The van der Waals surface area contributed by atoms with Gasteiger partial charge in [0.05, 0.1) is 25.5 Å². The molecule has 5 rings (SSSR count). The Labute approximate surface area is 241 Å². The van der Waals surface area contributed by atoms with E-state index in [1.807, 2.05) is 61.5 Å². The molecule has 1 aliphatic rings. The number of halogens is 1. The lowest BCUT2D eigenvalue weighted by Gasteiger charge is -2.38. The summed E-state index contributed by atoms with van der Waals surface area (Å²) in [7, 11) is 3.07. The van der Waals surface area contributed by atoms with Crippen LogP contribution in [-0.4, -0.2) is 32.6 Å². The second-order valence-electron chi connectivity index (χ2n) is 9.16. The molecule has 1 atom stereocenters. The molecule has 2 amide bonds. The van der Waals surface area contributed by atoms with E-state index in [1.54, 1.807) is 42.3 Å². The smallest absolute Gasteiger partial charge is 0.262 e. The molecule has 0 spiro atoms. The number of amides is 2. The Hall–Kier alpha value is -4.50. The van der Waals surface area contributed by atoms with Crippen LogP contribution in [0.1, 0.15) is 27.7 Å². The number of para-hydroxylation sites is 3. The maximum atomic E-state index is 13.8. The Bertz CT molecular complexity index is 1560. The summed E-state index contributed by atoms with van der Waals surface area (Å²) < 4.78 is 17.5. The average molecular weight is 602 g/mol. The summed E-state index contributed by atoms with van der Waals surface area (Å²) >= 11 is 3.67. The molecule has 0 unspecified atom stereocenters. The van der Waals surface area contributed by atoms with E-state index in [0.717, 1.165) is 22.5 Å². The zero-order chi connectivity index (χ0) is 28.2. The fourth-order valence-electron chi connectivity index (χ4n) is 4.55. The van der Waals surface area contributed by atoms with Gasteiger partial charge in [-0.3, -0.25) is 14.5 Å². The van der Waals surface area contributed by atoms with Gasteiger partial charge < -0.3 is 24.8 Å². The van der Waals surface area contributed by atoms with E-state index in [9.17, 15) is 9.59 Å². The van der Waals surface area contributed by atoms with Crippen LogP contribution in [0.3, 0.4) is 0 Å². The highest BCUT2D eigenvalue weighted by Gasteiger charge is 2.35. The van der Waals surface area contributed by atoms with Crippen LogP contribution in [-0.2, 0) is 4.79 Å². The van der Waals surface area contributed by atoms with E-state index in [2.05, 4.69) is 26.6 Å². The molecule has 40 heavy (non-hydrogen) atoms. The highest BCUT2D eigenvalue weighted by Crippen LogP contribution is 2.42. The summed E-state index contributed by atoms with van der Waals surface area (Å²) in [6.07, 6.45) is -0.545. The molecule has 204 valence electrons. The SMILES string of the molecule is COc1ccccc1NC(=O)COc1cc(Br)c([C@@H]2Nc3ccccc3C(=O)N2c2ccc(C)cc2)cc1OC. The van der Waals surface area contributed by atoms with Crippen LogP contribution in [0.5, 0.6) is 17.2 Å². The third kappa shape index (κ3) is 5.46. The van der Waals surface area contributed by atoms with Crippen molar-refractivity contribution in [1.29, 1.82) is 0 Å². The van der Waals surface area contributed by atoms with Crippen LogP contribution in [0.4, 0.5) is 17.1 Å². The van der Waals surface area contributed by atoms with Gasteiger partial charge in [0.2, 0.25) is 0 Å². The highest BCUT2D eigenvalue weighted by molar-refractivity contribution is 9.10. The first-order chi connectivity index (χ1) is 19.4. The third-order valence-corrected chi connectivity index (χ3v) is 7.24. The monoisotopic (exact) mass is 601 g/mol. The lowest BCUT2D eigenvalue weighted by Crippen LogP contribution is -2.43. The van der Waals surface area contributed by atoms with Crippen LogP contribution in [0.15, 0.2) is 89.4 Å². The molecule has 0 bridgehead atoms. The summed E-state index contributed by atoms with van der Waals surface area (Å²) in [6.45, 7) is 1.76. The molecular formula is C31H28BrN3O5. The molecule has 0 fully saturated rings. The van der Waals surface area contributed by atoms with E-state index in [-0.39, 0.29) is 18.4 Å². The van der Waals surface area contributed by atoms with E-state index >= 15 is 0 Å². The minimum atomic E-state index is -0.545. The highest BCUT2D eigenvalue weighted by atomic mass is 79.9. The Kier molecular flexibility index (Phi) is 7.93. The number of hydrogen-bond acceptors (Lipinski definition) is 6. The predicted octanol–water partition coefficient (Wildman–Crippen LogP) is 6.56. The quantitative estimate of drug-likeness (QED) is 0.238. The van der Waals surface area contributed by atoms with E-state index in [4.69, 9.17) is 14.2 Å². The largest absolute Gasteiger partial charge is 0.495 e. The van der Waals surface area contributed by atoms with Gasteiger partial charge in [0.25, 0.3) is 11.8 Å². The molecule has 9 heteroatoms. The molecule has 0 saturated heterocycles. The van der Waals surface area contributed by atoms with Gasteiger partial charge in [-0.15, -0.1) is 0 Å². The maximum absolute atomic E-state index is 13.8. The fourth-order valence-corrected chi connectivity index (χ4v) is 5.09. The molecule has 0 aliphatic carbocycles. The number of anilines is 3. The summed E-state index contributed by atoms with van der Waals surface area (Å²) in [4.78, 5) is 28.1. The van der Waals surface area contributed by atoms with Gasteiger partial charge in [-0.25, -0.2) is 0 Å². The van der Waals surface area contributed by atoms with E-state index in [1.165, 1.54) is 7.11 Å². The molecule has 0 saturated carbocycles. The second kappa shape index (κ2) is 11.7. The zero-order valence-electron chi connectivity index (χ0n) is 22.2. The topological polar surface area (TPSA) is 89.1 Å². The van der Waals surface area contributed by atoms with Crippen molar-refractivity contribution in [1.82, 2.24) is 0 Å². The zero-order valence-corrected chi connectivity index (χ0v) is 23.8. The number of ether oxygens (including phenoxy) is 3. The number of methoxy groups -OCH3 is 2. The van der Waals surface area contributed by atoms with Gasteiger partial charge >= 0.3 is 0 Å². The molecule has 0 aromatic heterocycles. The third-order valence-electron chi connectivity index (χ3n) is 6.56. The standard InChI is InChI=1S/C31H28BrN3O5/c1-19-12-14-20(15-13-19)35-30(34-24-9-5-4-8-21(24)31(35)37)22-16-27(39-3)28(17-23(22)32)40-18-29(36)33-25-10-6-7-11-26(25)38-2/h4-17,30,34H,18H2,1-3H3,(H,33,36)/t30-/m1/s1. The number of rotatable bonds is 8. The summed E-state index contributed by atoms with van der Waals surface area (Å²) in [5.41, 5.74) is 4.47. The average Bonchev–Trinajstić information content (AvgIpc) is 2.97. The Morgan fingerprint density at radius 2 is 1.62 bits per heavy atom. The Morgan fingerprint density at radius 1 is 0.925 bits per heavy atom. The number of nitrogens with one attached hydrogen (secondary N) is 2. The first-order valence-corrected chi connectivity index (χ1v) is 13.4. The van der Waals surface area contributed by atoms with E-state index in [0.29, 0.717) is 33.0 Å². The minimum absolute atomic E-state index is 0.123. The number of hydrogen-bond donors (Lipinski definition) is 2. The van der Waals surface area contributed by atoms with Crippen molar-refractivity contribution >= 4 is 44.8 Å². The maximum Gasteiger partial charge on any atom is 0.262 e. The molecule has 4 aromatic rings. The van der Waals surface area contributed by atoms with Gasteiger partial charge in [0.1, 0.15) is 11.9 Å². The molecule has 8 nitrogen and oxygen atoms in total. The normalized spacial score (nSPS) is 14.2. The lowest BCUT2D eigenvalue weighted by molar-refractivity contribution is -0.118. The van der Waals surface area contributed by atoms with Crippen molar-refractivity contribution in [2.24, 2.45) is 0 Å². The number of carbonyl (C=O) groups excluding carboxylic acids is 2. The Balaban J connectivity index is 1.44. The number of benzene rings is 4. The lowest BCUT2D eigenvalue weighted by atomic mass is 10.0. The van der Waals surface area contributed by atoms with Gasteiger partial charge in [0, 0.05) is 21.4 Å². The summed E-state index contributed by atoms with van der Waals surface area (Å²) in [6, 6.07) is 25.9. The van der Waals surface area contributed by atoms with E-state index < -0.39 is 6.17 Å². The van der Waals surface area contributed by atoms with Gasteiger partial charge in [-0.05, 0) is 55.5 Å². The van der Waals surface area contributed by atoms with Crippen molar-refractivity contribution in [2.45, 2.75) is 13.1 Å².